The molecule has 0 atom stereocenters. The zero-order valence-corrected chi connectivity index (χ0v) is 16.4. The highest BCUT2D eigenvalue weighted by Crippen LogP contribution is 2.69. The number of ether oxygens (including phenoxy) is 1. The van der Waals surface area contributed by atoms with E-state index in [1.807, 2.05) is 39.0 Å². The molecule has 25 heavy (non-hydrogen) atoms. The van der Waals surface area contributed by atoms with Gasteiger partial charge >= 0.3 is 6.09 Å². The Balaban J connectivity index is 1.35. The molecular formula is C20H29ClN2O2. The number of anilines is 1. The molecule has 3 saturated carbocycles. The molecule has 3 fully saturated rings. The normalized spacial score (nSPS) is 27.1. The van der Waals surface area contributed by atoms with Crippen molar-refractivity contribution in [1.29, 1.82) is 0 Å². The zero-order chi connectivity index (χ0) is 18.3. The van der Waals surface area contributed by atoms with Crippen LogP contribution in [-0.2, 0) is 4.74 Å². The average Bonchev–Trinajstić information content (AvgIpc) is 2.38. The first-order valence-corrected chi connectivity index (χ1v) is 9.50. The molecule has 3 aliphatic carbocycles. The summed E-state index contributed by atoms with van der Waals surface area (Å²) in [5.74, 6) is 0. The lowest BCUT2D eigenvalue weighted by Crippen LogP contribution is -2.74. The number of hydrogen-bond donors (Lipinski definition) is 2. The lowest BCUT2D eigenvalue weighted by atomic mass is 9.38. The van der Waals surface area contributed by atoms with E-state index in [-0.39, 0.29) is 11.6 Å². The smallest absolute Gasteiger partial charge is 0.408 e. The van der Waals surface area contributed by atoms with E-state index in [2.05, 4.69) is 17.6 Å². The molecule has 2 N–H and O–H groups in total. The molecule has 2 bridgehead atoms. The Labute approximate surface area is 155 Å². The van der Waals surface area contributed by atoms with Gasteiger partial charge in [-0.15, -0.1) is 0 Å². The Kier molecular flexibility index (Phi) is 4.69. The number of carbonyl (C=O) groups excluding carboxylic acids is 1. The maximum absolute atomic E-state index is 11.9. The Morgan fingerprint density at radius 3 is 2.56 bits per heavy atom. The van der Waals surface area contributed by atoms with E-state index in [4.69, 9.17) is 16.3 Å². The van der Waals surface area contributed by atoms with Crippen LogP contribution in [0.3, 0.4) is 0 Å². The second-order valence-corrected chi connectivity index (χ2v) is 9.36. The van der Waals surface area contributed by atoms with E-state index in [9.17, 15) is 4.79 Å². The minimum atomic E-state index is -0.434. The van der Waals surface area contributed by atoms with Gasteiger partial charge in [-0.3, -0.25) is 0 Å². The maximum atomic E-state index is 11.9. The van der Waals surface area contributed by atoms with Crippen LogP contribution in [0.1, 0.15) is 58.4 Å². The van der Waals surface area contributed by atoms with Crippen LogP contribution in [0, 0.1) is 12.3 Å². The van der Waals surface area contributed by atoms with Gasteiger partial charge in [0.15, 0.2) is 0 Å². The predicted octanol–water partition coefficient (Wildman–Crippen LogP) is 5.29. The van der Waals surface area contributed by atoms with Crippen molar-refractivity contribution in [2.24, 2.45) is 5.41 Å². The fourth-order valence-electron chi connectivity index (χ4n) is 4.43. The summed E-state index contributed by atoms with van der Waals surface area (Å²) in [5.41, 5.74) is 2.37. The third kappa shape index (κ3) is 4.22. The Bertz CT molecular complexity index is 646. The molecule has 0 heterocycles. The van der Waals surface area contributed by atoms with Crippen molar-refractivity contribution >= 4 is 23.4 Å². The SMILES string of the molecule is Cc1cc(Cl)ccc1NCCCC12CC(NC(=O)OC(C)(C)C)(C1)C2. The standard InChI is InChI=1S/C20H29ClN2O2/c1-14-10-15(21)6-7-16(14)22-9-5-8-19-11-20(12-19,13-19)23-17(24)25-18(2,3)4/h6-7,10,22H,5,8-9,11-13H2,1-4H3,(H,23,24). The van der Waals surface area contributed by atoms with Crippen molar-refractivity contribution < 1.29 is 9.53 Å². The summed E-state index contributed by atoms with van der Waals surface area (Å²) in [6.07, 6.45) is 5.37. The third-order valence-corrected chi connectivity index (χ3v) is 5.53. The van der Waals surface area contributed by atoms with Gasteiger partial charge < -0.3 is 15.4 Å². The van der Waals surface area contributed by atoms with E-state index in [0.717, 1.165) is 42.9 Å². The molecule has 0 saturated heterocycles. The van der Waals surface area contributed by atoms with Gasteiger partial charge in [-0.25, -0.2) is 4.79 Å². The summed E-state index contributed by atoms with van der Waals surface area (Å²) < 4.78 is 5.36. The van der Waals surface area contributed by atoms with Gasteiger partial charge in [-0.1, -0.05) is 11.6 Å². The molecule has 1 aromatic rings. The van der Waals surface area contributed by atoms with Crippen LogP contribution in [0.4, 0.5) is 10.5 Å². The molecule has 3 aliphatic rings. The molecule has 138 valence electrons. The van der Waals surface area contributed by atoms with Gasteiger partial charge in [0.1, 0.15) is 5.60 Å². The molecule has 1 aromatic carbocycles. The average molecular weight is 365 g/mol. The second-order valence-electron chi connectivity index (χ2n) is 8.93. The number of alkyl carbamates (subject to hydrolysis) is 1. The van der Waals surface area contributed by atoms with Crippen LogP contribution in [0.5, 0.6) is 0 Å². The van der Waals surface area contributed by atoms with Gasteiger partial charge in [0.2, 0.25) is 0 Å². The van der Waals surface area contributed by atoms with E-state index in [0.29, 0.717) is 5.41 Å². The number of hydrogen-bond acceptors (Lipinski definition) is 3. The summed E-state index contributed by atoms with van der Waals surface area (Å²) in [6.45, 7) is 8.72. The number of rotatable bonds is 6. The van der Waals surface area contributed by atoms with Gasteiger partial charge in [0.25, 0.3) is 0 Å². The first kappa shape index (κ1) is 18.4. The number of benzene rings is 1. The first-order valence-electron chi connectivity index (χ1n) is 9.12. The molecule has 0 aromatic heterocycles. The molecule has 0 radical (unpaired) electrons. The minimum absolute atomic E-state index is 0.0164. The van der Waals surface area contributed by atoms with Gasteiger partial charge in [-0.05, 0) is 89.0 Å². The fourth-order valence-corrected chi connectivity index (χ4v) is 4.65. The summed E-state index contributed by atoms with van der Waals surface area (Å²) in [5, 5.41) is 7.35. The highest BCUT2D eigenvalue weighted by Gasteiger charge is 2.67. The van der Waals surface area contributed by atoms with Crippen molar-refractivity contribution in [3.8, 4) is 0 Å². The van der Waals surface area contributed by atoms with Gasteiger partial charge in [0.05, 0.1) is 0 Å². The Morgan fingerprint density at radius 1 is 1.28 bits per heavy atom. The highest BCUT2D eigenvalue weighted by atomic mass is 35.5. The Hall–Kier alpha value is -1.42. The van der Waals surface area contributed by atoms with Gasteiger partial charge in [0, 0.05) is 22.8 Å². The third-order valence-electron chi connectivity index (χ3n) is 5.29. The molecule has 1 amide bonds. The van der Waals surface area contributed by atoms with Crippen LogP contribution >= 0.6 is 11.6 Å². The van der Waals surface area contributed by atoms with Crippen molar-refractivity contribution in [2.45, 2.75) is 70.9 Å². The lowest BCUT2D eigenvalue weighted by molar-refractivity contribution is -0.156. The van der Waals surface area contributed by atoms with Crippen LogP contribution in [0.25, 0.3) is 0 Å². The van der Waals surface area contributed by atoms with Crippen molar-refractivity contribution in [3.05, 3.63) is 28.8 Å². The van der Waals surface area contributed by atoms with E-state index >= 15 is 0 Å². The zero-order valence-electron chi connectivity index (χ0n) is 15.7. The predicted molar refractivity (Wildman–Crippen MR) is 102 cm³/mol. The number of nitrogens with one attached hydrogen (secondary N) is 2. The molecule has 0 spiro atoms. The summed E-state index contributed by atoms with van der Waals surface area (Å²) >= 11 is 5.99. The van der Waals surface area contributed by atoms with Gasteiger partial charge in [-0.2, -0.15) is 0 Å². The van der Waals surface area contributed by atoms with Crippen molar-refractivity contribution in [2.75, 3.05) is 11.9 Å². The molecular weight excluding hydrogens is 336 g/mol. The summed E-state index contributed by atoms with van der Waals surface area (Å²) in [7, 11) is 0. The summed E-state index contributed by atoms with van der Waals surface area (Å²) in [6, 6.07) is 5.94. The largest absolute Gasteiger partial charge is 0.444 e. The van der Waals surface area contributed by atoms with Crippen LogP contribution in [0.15, 0.2) is 18.2 Å². The molecule has 4 rings (SSSR count). The quantitative estimate of drug-likeness (QED) is 0.674. The van der Waals surface area contributed by atoms with Crippen LogP contribution < -0.4 is 10.6 Å². The second kappa shape index (κ2) is 6.39. The van der Waals surface area contributed by atoms with E-state index < -0.39 is 5.60 Å². The van der Waals surface area contributed by atoms with E-state index in [1.54, 1.807) is 0 Å². The minimum Gasteiger partial charge on any atom is -0.444 e. The maximum Gasteiger partial charge on any atom is 0.408 e. The monoisotopic (exact) mass is 364 g/mol. The van der Waals surface area contributed by atoms with Crippen LogP contribution in [-0.4, -0.2) is 23.8 Å². The molecule has 5 heteroatoms. The van der Waals surface area contributed by atoms with Crippen molar-refractivity contribution in [1.82, 2.24) is 5.32 Å². The van der Waals surface area contributed by atoms with Crippen LogP contribution in [0.2, 0.25) is 5.02 Å². The summed E-state index contributed by atoms with van der Waals surface area (Å²) in [4.78, 5) is 11.9. The van der Waals surface area contributed by atoms with E-state index in [1.165, 1.54) is 12.0 Å². The highest BCUT2D eigenvalue weighted by molar-refractivity contribution is 6.30. The van der Waals surface area contributed by atoms with Crippen molar-refractivity contribution in [3.63, 3.8) is 0 Å². The lowest BCUT2D eigenvalue weighted by Gasteiger charge is -2.70. The molecule has 4 nitrogen and oxygen atoms in total. The fraction of sp³-hybridized carbons (Fsp3) is 0.650. The number of aryl methyl sites for hydroxylation is 1. The number of carbonyl (C=O) groups is 1. The number of amides is 1. The Morgan fingerprint density at radius 2 is 1.96 bits per heavy atom. The molecule has 0 aliphatic heterocycles. The first-order chi connectivity index (χ1) is 11.6. The topological polar surface area (TPSA) is 50.4 Å². The number of halogens is 1. The molecule has 0 unspecified atom stereocenters.